The minimum absolute atomic E-state index is 0.0590. The van der Waals surface area contributed by atoms with Gasteiger partial charge in [0.25, 0.3) is 0 Å². The SMILES string of the molecule is Fc1ccc(C2=C[C@H](c3cccs3)n3nnnc3N2)cc1. The summed E-state index contributed by atoms with van der Waals surface area (Å²) in [5.41, 5.74) is 1.77. The molecule has 7 heteroatoms. The van der Waals surface area contributed by atoms with Gasteiger partial charge in [-0.1, -0.05) is 11.2 Å². The summed E-state index contributed by atoms with van der Waals surface area (Å²) in [6.45, 7) is 0. The maximum atomic E-state index is 13.1. The molecular formula is C14H10FN5S. The molecule has 4 rings (SSSR count). The first kappa shape index (κ1) is 12.2. The highest BCUT2D eigenvalue weighted by Crippen LogP contribution is 2.33. The highest BCUT2D eigenvalue weighted by molar-refractivity contribution is 7.10. The molecule has 0 saturated carbocycles. The van der Waals surface area contributed by atoms with Gasteiger partial charge in [0.05, 0.1) is 0 Å². The Labute approximate surface area is 123 Å². The topological polar surface area (TPSA) is 55.6 Å². The average molecular weight is 299 g/mol. The van der Waals surface area contributed by atoms with Crippen LogP contribution in [-0.2, 0) is 0 Å². The number of nitrogens with one attached hydrogen (secondary N) is 1. The average Bonchev–Trinajstić information content (AvgIpc) is 3.18. The van der Waals surface area contributed by atoms with Crippen molar-refractivity contribution < 1.29 is 4.39 Å². The summed E-state index contributed by atoms with van der Waals surface area (Å²) in [6, 6.07) is 10.3. The zero-order valence-corrected chi connectivity index (χ0v) is 11.6. The van der Waals surface area contributed by atoms with Crippen LogP contribution in [0.25, 0.3) is 5.70 Å². The Morgan fingerprint density at radius 3 is 2.81 bits per heavy atom. The summed E-state index contributed by atoms with van der Waals surface area (Å²) in [7, 11) is 0. The molecule has 1 aliphatic heterocycles. The van der Waals surface area contributed by atoms with E-state index in [1.165, 1.54) is 12.1 Å². The highest BCUT2D eigenvalue weighted by Gasteiger charge is 2.24. The van der Waals surface area contributed by atoms with E-state index in [1.54, 1.807) is 28.2 Å². The summed E-state index contributed by atoms with van der Waals surface area (Å²) in [6.07, 6.45) is 2.04. The fourth-order valence-corrected chi connectivity index (χ4v) is 3.09. The van der Waals surface area contributed by atoms with Crippen molar-refractivity contribution in [1.82, 2.24) is 20.2 Å². The van der Waals surface area contributed by atoms with Gasteiger partial charge in [-0.15, -0.1) is 11.3 Å². The molecule has 3 aromatic rings. The fourth-order valence-electron chi connectivity index (χ4n) is 2.31. The van der Waals surface area contributed by atoms with Gasteiger partial charge >= 0.3 is 0 Å². The molecule has 0 aliphatic carbocycles. The molecule has 0 amide bonds. The van der Waals surface area contributed by atoms with E-state index in [9.17, 15) is 4.39 Å². The standard InChI is InChI=1S/C14H10FN5S/c15-10-5-3-9(4-6-10)11-8-12(13-2-1-7-21-13)20-14(16-11)17-18-19-20/h1-8,12H,(H,16,17,19)/t12-/m1/s1. The second-order valence-electron chi connectivity index (χ2n) is 4.62. The number of aromatic nitrogens is 4. The van der Waals surface area contributed by atoms with Gasteiger partial charge in [0, 0.05) is 10.6 Å². The highest BCUT2D eigenvalue weighted by atomic mass is 32.1. The zero-order valence-electron chi connectivity index (χ0n) is 10.8. The van der Waals surface area contributed by atoms with Crippen molar-refractivity contribution in [3.05, 3.63) is 64.1 Å². The molecule has 0 bridgehead atoms. The number of hydrogen-bond acceptors (Lipinski definition) is 5. The Morgan fingerprint density at radius 2 is 2.05 bits per heavy atom. The van der Waals surface area contributed by atoms with Crippen molar-refractivity contribution in [3.63, 3.8) is 0 Å². The van der Waals surface area contributed by atoms with E-state index in [0.717, 1.165) is 16.1 Å². The van der Waals surface area contributed by atoms with Crippen LogP contribution in [0.4, 0.5) is 10.3 Å². The first-order chi connectivity index (χ1) is 10.3. The number of rotatable bonds is 2. The third kappa shape index (κ3) is 2.11. The number of allylic oxidation sites excluding steroid dienone is 1. The molecule has 1 aliphatic rings. The molecule has 0 spiro atoms. The van der Waals surface area contributed by atoms with Crippen LogP contribution in [0.5, 0.6) is 0 Å². The van der Waals surface area contributed by atoms with Crippen LogP contribution in [-0.4, -0.2) is 20.2 Å². The second-order valence-corrected chi connectivity index (χ2v) is 5.60. The Kier molecular flexibility index (Phi) is 2.78. The number of thiophene rings is 1. The van der Waals surface area contributed by atoms with E-state index < -0.39 is 0 Å². The van der Waals surface area contributed by atoms with E-state index in [1.807, 2.05) is 23.6 Å². The summed E-state index contributed by atoms with van der Waals surface area (Å²) < 4.78 is 14.8. The lowest BCUT2D eigenvalue weighted by atomic mass is 10.1. The number of benzene rings is 1. The van der Waals surface area contributed by atoms with Crippen molar-refractivity contribution in [2.24, 2.45) is 0 Å². The molecular weight excluding hydrogens is 289 g/mol. The monoisotopic (exact) mass is 299 g/mol. The number of fused-ring (bicyclic) bond motifs is 1. The fraction of sp³-hybridized carbons (Fsp3) is 0.0714. The smallest absolute Gasteiger partial charge is 0.248 e. The summed E-state index contributed by atoms with van der Waals surface area (Å²) >= 11 is 1.65. The van der Waals surface area contributed by atoms with E-state index in [-0.39, 0.29) is 11.9 Å². The molecule has 0 fully saturated rings. The lowest BCUT2D eigenvalue weighted by molar-refractivity contribution is 0.592. The van der Waals surface area contributed by atoms with Gasteiger partial charge in [-0.05, 0) is 57.8 Å². The Balaban J connectivity index is 1.80. The lowest BCUT2D eigenvalue weighted by Gasteiger charge is -2.22. The largest absolute Gasteiger partial charge is 0.323 e. The predicted octanol–water partition coefficient (Wildman–Crippen LogP) is 2.93. The van der Waals surface area contributed by atoms with E-state index in [0.29, 0.717) is 5.95 Å². The van der Waals surface area contributed by atoms with Crippen LogP contribution < -0.4 is 5.32 Å². The molecule has 3 heterocycles. The predicted molar refractivity (Wildman–Crippen MR) is 78.3 cm³/mol. The number of hydrogen-bond donors (Lipinski definition) is 1. The number of anilines is 1. The molecule has 2 aromatic heterocycles. The van der Waals surface area contributed by atoms with Crippen LogP contribution in [0.1, 0.15) is 16.5 Å². The minimum atomic E-state index is -0.255. The number of nitrogens with zero attached hydrogens (tertiary/aromatic N) is 4. The van der Waals surface area contributed by atoms with E-state index in [4.69, 9.17) is 0 Å². The Morgan fingerprint density at radius 1 is 1.19 bits per heavy atom. The molecule has 1 aromatic carbocycles. The summed E-state index contributed by atoms with van der Waals surface area (Å²) in [5.74, 6) is 0.324. The molecule has 0 unspecified atom stereocenters. The maximum Gasteiger partial charge on any atom is 0.248 e. The van der Waals surface area contributed by atoms with Gasteiger partial charge < -0.3 is 5.32 Å². The van der Waals surface area contributed by atoms with Crippen molar-refractivity contribution in [1.29, 1.82) is 0 Å². The van der Waals surface area contributed by atoms with Gasteiger partial charge in [-0.25, -0.2) is 4.39 Å². The molecule has 5 nitrogen and oxygen atoms in total. The number of tetrazole rings is 1. The quantitative estimate of drug-likeness (QED) is 0.790. The second kappa shape index (κ2) is 4.78. The van der Waals surface area contributed by atoms with Crippen molar-refractivity contribution in [2.45, 2.75) is 6.04 Å². The normalized spacial score (nSPS) is 17.0. The minimum Gasteiger partial charge on any atom is -0.323 e. The van der Waals surface area contributed by atoms with Crippen molar-refractivity contribution in [2.75, 3.05) is 5.32 Å². The van der Waals surface area contributed by atoms with Gasteiger partial charge in [-0.2, -0.15) is 4.68 Å². The van der Waals surface area contributed by atoms with Crippen LogP contribution in [0, 0.1) is 5.82 Å². The van der Waals surface area contributed by atoms with Crippen LogP contribution in [0.15, 0.2) is 47.9 Å². The third-order valence-electron chi connectivity index (χ3n) is 3.32. The molecule has 1 N–H and O–H groups in total. The van der Waals surface area contributed by atoms with E-state index >= 15 is 0 Å². The van der Waals surface area contributed by atoms with E-state index in [2.05, 4.69) is 20.8 Å². The summed E-state index contributed by atoms with van der Waals surface area (Å²) in [4.78, 5) is 1.14. The summed E-state index contributed by atoms with van der Waals surface area (Å²) in [5, 5.41) is 16.9. The first-order valence-corrected chi connectivity index (χ1v) is 7.25. The molecule has 21 heavy (non-hydrogen) atoms. The molecule has 0 radical (unpaired) electrons. The molecule has 104 valence electrons. The van der Waals surface area contributed by atoms with Crippen molar-refractivity contribution in [3.8, 4) is 0 Å². The molecule has 1 atom stereocenters. The first-order valence-electron chi connectivity index (χ1n) is 6.37. The van der Waals surface area contributed by atoms with Gasteiger partial charge in [0.2, 0.25) is 5.95 Å². The Hall–Kier alpha value is -2.54. The van der Waals surface area contributed by atoms with Crippen LogP contribution in [0.2, 0.25) is 0 Å². The maximum absolute atomic E-state index is 13.1. The van der Waals surface area contributed by atoms with Gasteiger partial charge in [0.1, 0.15) is 11.9 Å². The van der Waals surface area contributed by atoms with Crippen LogP contribution >= 0.6 is 11.3 Å². The lowest BCUT2D eigenvalue weighted by Crippen LogP contribution is -2.19. The number of halogens is 1. The van der Waals surface area contributed by atoms with Gasteiger partial charge in [0.15, 0.2) is 0 Å². The van der Waals surface area contributed by atoms with Gasteiger partial charge in [-0.3, -0.25) is 0 Å². The molecule has 0 saturated heterocycles. The third-order valence-corrected chi connectivity index (χ3v) is 4.26. The zero-order chi connectivity index (χ0) is 14.2. The Bertz CT molecular complexity index is 791. The van der Waals surface area contributed by atoms with Crippen molar-refractivity contribution >= 4 is 23.0 Å². The van der Waals surface area contributed by atoms with Crippen LogP contribution in [0.3, 0.4) is 0 Å².